The Bertz CT molecular complexity index is 506. The van der Waals surface area contributed by atoms with Crippen molar-refractivity contribution in [1.82, 2.24) is 0 Å². The van der Waals surface area contributed by atoms with Crippen LogP contribution in [0, 0.1) is 25.2 Å². The van der Waals surface area contributed by atoms with E-state index in [1.54, 1.807) is 6.07 Å². The molecule has 0 radical (unpaired) electrons. The highest BCUT2D eigenvalue weighted by molar-refractivity contribution is 7.91. The molecule has 0 spiro atoms. The van der Waals surface area contributed by atoms with E-state index in [1.165, 1.54) is 6.92 Å². The summed E-state index contributed by atoms with van der Waals surface area (Å²) in [4.78, 5) is 0. The van der Waals surface area contributed by atoms with Gasteiger partial charge >= 0.3 is 0 Å². The maximum atomic E-state index is 11.7. The number of nitriles is 1. The molecule has 3 nitrogen and oxygen atoms in total. The zero-order valence-electron chi connectivity index (χ0n) is 9.69. The van der Waals surface area contributed by atoms with Crippen LogP contribution in [0.2, 0.25) is 0 Å². The van der Waals surface area contributed by atoms with E-state index in [0.29, 0.717) is 0 Å². The van der Waals surface area contributed by atoms with Gasteiger partial charge in [0, 0.05) is 0 Å². The van der Waals surface area contributed by atoms with Crippen molar-refractivity contribution < 1.29 is 8.42 Å². The van der Waals surface area contributed by atoms with E-state index in [2.05, 4.69) is 0 Å². The first kappa shape index (κ1) is 12.7. The standard InChI is InChI=1S/C12H15NO2S/c1-9-4-10(2)6-12(5-9)8-16(14,15)11(3)7-13/h4-6,11H,8H2,1-3H3. The summed E-state index contributed by atoms with van der Waals surface area (Å²) in [6, 6.07) is 7.44. The van der Waals surface area contributed by atoms with Gasteiger partial charge < -0.3 is 0 Å². The van der Waals surface area contributed by atoms with Crippen LogP contribution in [-0.4, -0.2) is 13.7 Å². The van der Waals surface area contributed by atoms with Crippen LogP contribution in [0.1, 0.15) is 23.6 Å². The Labute approximate surface area is 96.6 Å². The fourth-order valence-electron chi connectivity index (χ4n) is 1.59. The number of hydrogen-bond donors (Lipinski definition) is 0. The average Bonchev–Trinajstić information content (AvgIpc) is 2.13. The van der Waals surface area contributed by atoms with Crippen molar-refractivity contribution >= 4 is 9.84 Å². The first-order chi connectivity index (χ1) is 7.35. The Balaban J connectivity index is 3.02. The molecule has 1 unspecified atom stereocenters. The van der Waals surface area contributed by atoms with Gasteiger partial charge in [0.15, 0.2) is 9.84 Å². The van der Waals surface area contributed by atoms with Crippen molar-refractivity contribution in [2.75, 3.05) is 0 Å². The van der Waals surface area contributed by atoms with E-state index < -0.39 is 15.1 Å². The molecule has 0 aliphatic heterocycles. The summed E-state index contributed by atoms with van der Waals surface area (Å²) in [6.45, 7) is 5.27. The molecule has 0 N–H and O–H groups in total. The van der Waals surface area contributed by atoms with Crippen molar-refractivity contribution in [2.45, 2.75) is 31.8 Å². The summed E-state index contributed by atoms with van der Waals surface area (Å²) < 4.78 is 23.5. The number of aryl methyl sites for hydroxylation is 2. The largest absolute Gasteiger partial charge is 0.227 e. The maximum absolute atomic E-state index is 11.7. The molecule has 0 aliphatic rings. The summed E-state index contributed by atoms with van der Waals surface area (Å²) in [7, 11) is -3.36. The van der Waals surface area contributed by atoms with E-state index in [0.717, 1.165) is 16.7 Å². The Morgan fingerprint density at radius 1 is 1.25 bits per heavy atom. The first-order valence-electron chi connectivity index (χ1n) is 5.03. The van der Waals surface area contributed by atoms with Crippen LogP contribution in [0.4, 0.5) is 0 Å². The zero-order valence-corrected chi connectivity index (χ0v) is 10.5. The summed E-state index contributed by atoms with van der Waals surface area (Å²) in [5.74, 6) is -0.0652. The molecule has 0 amide bonds. The van der Waals surface area contributed by atoms with Gasteiger partial charge in [-0.25, -0.2) is 8.42 Å². The monoisotopic (exact) mass is 237 g/mol. The number of sulfone groups is 1. The van der Waals surface area contributed by atoms with E-state index in [-0.39, 0.29) is 5.75 Å². The average molecular weight is 237 g/mol. The molecule has 0 heterocycles. The normalized spacial score (nSPS) is 13.1. The molecule has 0 aliphatic carbocycles. The Kier molecular flexibility index (Phi) is 3.71. The van der Waals surface area contributed by atoms with Gasteiger partial charge in [-0.05, 0) is 26.3 Å². The molecule has 1 rings (SSSR count). The van der Waals surface area contributed by atoms with Crippen LogP contribution in [0.3, 0.4) is 0 Å². The lowest BCUT2D eigenvalue weighted by atomic mass is 10.1. The molecule has 0 bridgehead atoms. The second kappa shape index (κ2) is 4.67. The lowest BCUT2D eigenvalue weighted by molar-refractivity contribution is 0.591. The minimum absolute atomic E-state index is 0.0652. The summed E-state index contributed by atoms with van der Waals surface area (Å²) in [5.41, 5.74) is 2.82. The lowest BCUT2D eigenvalue weighted by Crippen LogP contribution is -2.17. The summed E-state index contributed by atoms with van der Waals surface area (Å²) in [5, 5.41) is 7.68. The van der Waals surface area contributed by atoms with Crippen LogP contribution >= 0.6 is 0 Å². The fraction of sp³-hybridized carbons (Fsp3) is 0.417. The molecule has 0 aromatic heterocycles. The Morgan fingerprint density at radius 3 is 2.19 bits per heavy atom. The van der Waals surface area contributed by atoms with Crippen LogP contribution in [0.15, 0.2) is 18.2 Å². The predicted octanol–water partition coefficient (Wildman–Crippen LogP) is 2.13. The number of nitrogens with zero attached hydrogens (tertiary/aromatic N) is 1. The van der Waals surface area contributed by atoms with Gasteiger partial charge in [-0.2, -0.15) is 5.26 Å². The minimum atomic E-state index is -3.36. The van der Waals surface area contributed by atoms with Crippen molar-refractivity contribution in [3.63, 3.8) is 0 Å². The van der Waals surface area contributed by atoms with Crippen LogP contribution in [0.5, 0.6) is 0 Å². The van der Waals surface area contributed by atoms with E-state index in [4.69, 9.17) is 5.26 Å². The van der Waals surface area contributed by atoms with Crippen molar-refractivity contribution in [3.8, 4) is 6.07 Å². The van der Waals surface area contributed by atoms with Crippen LogP contribution < -0.4 is 0 Å². The smallest absolute Gasteiger partial charge is 0.170 e. The van der Waals surface area contributed by atoms with Gasteiger partial charge in [-0.15, -0.1) is 0 Å². The second-order valence-corrected chi connectivity index (χ2v) is 6.40. The predicted molar refractivity (Wildman–Crippen MR) is 63.6 cm³/mol. The van der Waals surface area contributed by atoms with E-state index in [9.17, 15) is 8.42 Å². The molecular formula is C12H15NO2S. The highest BCUT2D eigenvalue weighted by atomic mass is 32.2. The molecule has 0 saturated heterocycles. The first-order valence-corrected chi connectivity index (χ1v) is 6.75. The summed E-state index contributed by atoms with van der Waals surface area (Å²) in [6.07, 6.45) is 0. The minimum Gasteiger partial charge on any atom is -0.227 e. The third-order valence-electron chi connectivity index (χ3n) is 2.37. The molecule has 1 aromatic carbocycles. The molecule has 4 heteroatoms. The number of benzene rings is 1. The molecule has 1 atom stereocenters. The SMILES string of the molecule is Cc1cc(C)cc(CS(=O)(=O)C(C)C#N)c1. The highest BCUT2D eigenvalue weighted by Gasteiger charge is 2.20. The molecule has 86 valence electrons. The van der Waals surface area contributed by atoms with Gasteiger partial charge in [-0.3, -0.25) is 0 Å². The fourth-order valence-corrected chi connectivity index (χ4v) is 2.63. The molecule has 0 saturated carbocycles. The molecule has 16 heavy (non-hydrogen) atoms. The molecule has 1 aromatic rings. The number of rotatable bonds is 3. The maximum Gasteiger partial charge on any atom is 0.170 e. The van der Waals surface area contributed by atoms with Crippen molar-refractivity contribution in [3.05, 3.63) is 34.9 Å². The Hall–Kier alpha value is -1.34. The lowest BCUT2D eigenvalue weighted by Gasteiger charge is -2.07. The van der Waals surface area contributed by atoms with Crippen molar-refractivity contribution in [1.29, 1.82) is 5.26 Å². The third kappa shape index (κ3) is 3.07. The molecular weight excluding hydrogens is 222 g/mol. The Morgan fingerprint density at radius 2 is 1.75 bits per heavy atom. The van der Waals surface area contributed by atoms with Gasteiger partial charge in [0.05, 0.1) is 11.8 Å². The zero-order chi connectivity index (χ0) is 12.3. The quantitative estimate of drug-likeness (QED) is 0.809. The highest BCUT2D eigenvalue weighted by Crippen LogP contribution is 2.14. The van der Waals surface area contributed by atoms with Crippen LogP contribution in [0.25, 0.3) is 0 Å². The number of hydrogen-bond acceptors (Lipinski definition) is 3. The van der Waals surface area contributed by atoms with Gasteiger partial charge in [0.1, 0.15) is 5.25 Å². The van der Waals surface area contributed by atoms with Crippen LogP contribution in [-0.2, 0) is 15.6 Å². The van der Waals surface area contributed by atoms with Gasteiger partial charge in [-0.1, -0.05) is 29.3 Å². The van der Waals surface area contributed by atoms with E-state index >= 15 is 0 Å². The van der Waals surface area contributed by atoms with Crippen molar-refractivity contribution in [2.24, 2.45) is 0 Å². The summed E-state index contributed by atoms with van der Waals surface area (Å²) >= 11 is 0. The third-order valence-corrected chi connectivity index (χ3v) is 4.29. The topological polar surface area (TPSA) is 57.9 Å². The van der Waals surface area contributed by atoms with E-state index in [1.807, 2.05) is 32.0 Å². The van der Waals surface area contributed by atoms with Gasteiger partial charge in [0.2, 0.25) is 0 Å². The van der Waals surface area contributed by atoms with Gasteiger partial charge in [0.25, 0.3) is 0 Å². The second-order valence-electron chi connectivity index (χ2n) is 4.07. The molecule has 0 fully saturated rings.